The summed E-state index contributed by atoms with van der Waals surface area (Å²) in [6.07, 6.45) is 1.92. The molecular formula is C11H12N4O. The number of carbonyl (C=O) groups is 1. The number of aromatic nitrogens is 3. The molecule has 0 radical (unpaired) electrons. The minimum Gasteiger partial charge on any atom is -0.326 e. The molecule has 0 aliphatic carbocycles. The monoisotopic (exact) mass is 216 g/mol. The number of nitrogens with one attached hydrogen (secondary N) is 2. The van der Waals surface area contributed by atoms with Gasteiger partial charge in [-0.3, -0.25) is 9.89 Å². The summed E-state index contributed by atoms with van der Waals surface area (Å²) in [5, 5.41) is 9.35. The first-order valence-corrected chi connectivity index (χ1v) is 5.05. The van der Waals surface area contributed by atoms with E-state index in [-0.39, 0.29) is 5.91 Å². The molecule has 1 amide bonds. The molecule has 2 N–H and O–H groups in total. The second-order valence-corrected chi connectivity index (χ2v) is 3.32. The minimum absolute atomic E-state index is 0.00489. The lowest BCUT2D eigenvalue weighted by atomic mass is 10.2. The summed E-state index contributed by atoms with van der Waals surface area (Å²) < 4.78 is 0. The molecule has 0 spiro atoms. The van der Waals surface area contributed by atoms with E-state index in [9.17, 15) is 4.79 Å². The lowest BCUT2D eigenvalue weighted by Gasteiger charge is -2.04. The molecule has 0 fully saturated rings. The van der Waals surface area contributed by atoms with Crippen LogP contribution in [0.15, 0.2) is 30.6 Å². The molecule has 0 unspecified atom stereocenters. The van der Waals surface area contributed by atoms with Crippen LogP contribution in [0.4, 0.5) is 5.69 Å². The maximum absolute atomic E-state index is 11.2. The lowest BCUT2D eigenvalue weighted by Crippen LogP contribution is -2.09. The summed E-state index contributed by atoms with van der Waals surface area (Å²) in [6, 6.07) is 7.47. The van der Waals surface area contributed by atoms with Crippen LogP contribution in [0.2, 0.25) is 0 Å². The van der Waals surface area contributed by atoms with Crippen LogP contribution in [0.5, 0.6) is 0 Å². The molecule has 0 atom stereocenters. The molecule has 5 nitrogen and oxygen atoms in total. The van der Waals surface area contributed by atoms with Crippen molar-refractivity contribution in [2.24, 2.45) is 0 Å². The summed E-state index contributed by atoms with van der Waals surface area (Å²) in [4.78, 5) is 15.3. The van der Waals surface area contributed by atoms with Gasteiger partial charge in [0, 0.05) is 17.7 Å². The molecule has 0 aliphatic rings. The molecule has 1 heterocycles. The van der Waals surface area contributed by atoms with Gasteiger partial charge in [-0.05, 0) is 12.1 Å². The molecule has 82 valence electrons. The molecule has 0 saturated carbocycles. The summed E-state index contributed by atoms with van der Waals surface area (Å²) in [5.74, 6) is 0.683. The first-order chi connectivity index (χ1) is 7.79. The van der Waals surface area contributed by atoms with Gasteiger partial charge in [-0.2, -0.15) is 5.10 Å². The van der Waals surface area contributed by atoms with Crippen LogP contribution in [0.1, 0.15) is 13.3 Å². The van der Waals surface area contributed by atoms with Crippen molar-refractivity contribution in [1.82, 2.24) is 15.2 Å². The van der Waals surface area contributed by atoms with Gasteiger partial charge in [0.15, 0.2) is 5.82 Å². The summed E-state index contributed by atoms with van der Waals surface area (Å²) in [5.41, 5.74) is 1.66. The summed E-state index contributed by atoms with van der Waals surface area (Å²) >= 11 is 0. The number of carbonyl (C=O) groups excluding carboxylic acids is 1. The fourth-order valence-corrected chi connectivity index (χ4v) is 1.34. The third-order valence-electron chi connectivity index (χ3n) is 2.16. The summed E-state index contributed by atoms with van der Waals surface area (Å²) in [6.45, 7) is 1.82. The highest BCUT2D eigenvalue weighted by molar-refractivity contribution is 5.91. The van der Waals surface area contributed by atoms with Gasteiger partial charge < -0.3 is 5.32 Å². The predicted molar refractivity (Wildman–Crippen MR) is 60.7 cm³/mol. The number of aromatic amines is 1. The Hall–Kier alpha value is -2.17. The number of hydrogen-bond acceptors (Lipinski definition) is 3. The number of hydrogen-bond donors (Lipinski definition) is 2. The average molecular weight is 216 g/mol. The van der Waals surface area contributed by atoms with Crippen LogP contribution in [0.3, 0.4) is 0 Å². The minimum atomic E-state index is -0.00489. The van der Waals surface area contributed by atoms with Gasteiger partial charge in [-0.15, -0.1) is 0 Å². The number of H-pyrrole nitrogens is 1. The van der Waals surface area contributed by atoms with Gasteiger partial charge in [0.25, 0.3) is 0 Å². The molecule has 1 aromatic carbocycles. The van der Waals surface area contributed by atoms with Crippen LogP contribution in [0, 0.1) is 0 Å². The number of nitrogens with zero attached hydrogens (tertiary/aromatic N) is 2. The van der Waals surface area contributed by atoms with Crippen LogP contribution >= 0.6 is 0 Å². The number of amides is 1. The van der Waals surface area contributed by atoms with Crippen molar-refractivity contribution in [3.05, 3.63) is 30.6 Å². The molecular weight excluding hydrogens is 204 g/mol. The zero-order valence-electron chi connectivity index (χ0n) is 8.90. The fourth-order valence-electron chi connectivity index (χ4n) is 1.34. The third kappa shape index (κ3) is 2.25. The topological polar surface area (TPSA) is 70.7 Å². The molecule has 0 aliphatic heterocycles. The third-order valence-corrected chi connectivity index (χ3v) is 2.16. The second kappa shape index (κ2) is 4.57. The quantitative estimate of drug-likeness (QED) is 0.822. The van der Waals surface area contributed by atoms with E-state index >= 15 is 0 Å². The normalized spacial score (nSPS) is 10.1. The molecule has 2 aromatic rings. The van der Waals surface area contributed by atoms with E-state index in [1.807, 2.05) is 31.2 Å². The standard InChI is InChI=1S/C11H12N4O/c1-2-10(16)14-9-5-3-4-8(6-9)11-12-7-13-15-11/h3-7H,2H2,1H3,(H,14,16)(H,12,13,15). The second-order valence-electron chi connectivity index (χ2n) is 3.32. The van der Waals surface area contributed by atoms with Gasteiger partial charge in [0.1, 0.15) is 6.33 Å². The Morgan fingerprint density at radius 3 is 3.06 bits per heavy atom. The van der Waals surface area contributed by atoms with E-state index in [2.05, 4.69) is 20.5 Å². The fraction of sp³-hybridized carbons (Fsp3) is 0.182. The Kier molecular flexibility index (Phi) is 2.95. The first kappa shape index (κ1) is 10.4. The van der Waals surface area contributed by atoms with E-state index in [0.717, 1.165) is 11.3 Å². The van der Waals surface area contributed by atoms with Gasteiger partial charge in [0.05, 0.1) is 0 Å². The van der Waals surface area contributed by atoms with Crippen molar-refractivity contribution in [3.8, 4) is 11.4 Å². The number of benzene rings is 1. The van der Waals surface area contributed by atoms with Gasteiger partial charge in [-0.1, -0.05) is 19.1 Å². The smallest absolute Gasteiger partial charge is 0.224 e. The van der Waals surface area contributed by atoms with Crippen LogP contribution in [-0.2, 0) is 4.79 Å². The van der Waals surface area contributed by atoms with Crippen molar-refractivity contribution in [2.75, 3.05) is 5.32 Å². The van der Waals surface area contributed by atoms with Gasteiger partial charge >= 0.3 is 0 Å². The highest BCUT2D eigenvalue weighted by Crippen LogP contribution is 2.18. The van der Waals surface area contributed by atoms with Crippen LogP contribution in [0.25, 0.3) is 11.4 Å². The highest BCUT2D eigenvalue weighted by Gasteiger charge is 2.03. The van der Waals surface area contributed by atoms with Crippen molar-refractivity contribution in [3.63, 3.8) is 0 Å². The van der Waals surface area contributed by atoms with E-state index in [1.165, 1.54) is 6.33 Å². The molecule has 2 rings (SSSR count). The lowest BCUT2D eigenvalue weighted by molar-refractivity contribution is -0.115. The maximum atomic E-state index is 11.2. The van der Waals surface area contributed by atoms with E-state index in [4.69, 9.17) is 0 Å². The SMILES string of the molecule is CCC(=O)Nc1cccc(-c2ncn[nH]2)c1. The highest BCUT2D eigenvalue weighted by atomic mass is 16.1. The zero-order valence-corrected chi connectivity index (χ0v) is 8.90. The predicted octanol–water partition coefficient (Wildman–Crippen LogP) is 1.82. The molecule has 16 heavy (non-hydrogen) atoms. The van der Waals surface area contributed by atoms with E-state index < -0.39 is 0 Å². The molecule has 1 aromatic heterocycles. The average Bonchev–Trinajstić information content (AvgIpc) is 2.83. The molecule has 0 saturated heterocycles. The largest absolute Gasteiger partial charge is 0.326 e. The van der Waals surface area contributed by atoms with Gasteiger partial charge in [-0.25, -0.2) is 4.98 Å². The van der Waals surface area contributed by atoms with Crippen molar-refractivity contribution in [2.45, 2.75) is 13.3 Å². The Morgan fingerprint density at radius 2 is 2.38 bits per heavy atom. The summed E-state index contributed by atoms with van der Waals surface area (Å²) in [7, 11) is 0. The van der Waals surface area contributed by atoms with E-state index in [1.54, 1.807) is 0 Å². The van der Waals surface area contributed by atoms with Gasteiger partial charge in [0.2, 0.25) is 5.91 Å². The Labute approximate surface area is 92.9 Å². The van der Waals surface area contributed by atoms with Crippen LogP contribution < -0.4 is 5.32 Å². The Morgan fingerprint density at radius 1 is 1.50 bits per heavy atom. The first-order valence-electron chi connectivity index (χ1n) is 5.05. The molecule has 0 bridgehead atoms. The Balaban J connectivity index is 2.23. The van der Waals surface area contributed by atoms with Crippen LogP contribution in [-0.4, -0.2) is 21.1 Å². The number of anilines is 1. The van der Waals surface area contributed by atoms with Crippen molar-refractivity contribution < 1.29 is 4.79 Å². The molecule has 5 heteroatoms. The van der Waals surface area contributed by atoms with Crippen molar-refractivity contribution in [1.29, 1.82) is 0 Å². The maximum Gasteiger partial charge on any atom is 0.224 e. The van der Waals surface area contributed by atoms with E-state index in [0.29, 0.717) is 12.2 Å². The van der Waals surface area contributed by atoms with Crippen molar-refractivity contribution >= 4 is 11.6 Å². The zero-order chi connectivity index (χ0) is 11.4. The Bertz CT molecular complexity index is 478. The number of rotatable bonds is 3.